The first-order valence-corrected chi connectivity index (χ1v) is 8.23. The fourth-order valence-electron chi connectivity index (χ4n) is 2.50. The molecule has 1 N–H and O–H groups in total. The normalized spacial score (nSPS) is 17.1. The fraction of sp³-hybridized carbons (Fsp3) is 0.533. The van der Waals surface area contributed by atoms with E-state index in [4.69, 9.17) is 0 Å². The minimum Gasteiger partial charge on any atom is -0.389 e. The van der Waals surface area contributed by atoms with Crippen LogP contribution >= 0.6 is 28.6 Å². The molecule has 1 saturated heterocycles. The first kappa shape index (κ1) is 16.8. The number of carbonyl (C=O) groups excluding carboxylic acids is 1. The van der Waals surface area contributed by atoms with Crippen molar-refractivity contribution in [1.82, 2.24) is 9.80 Å². The number of piperazine rings is 1. The monoisotopic (exact) mass is 372 g/mol. The van der Waals surface area contributed by atoms with Crippen molar-refractivity contribution in [2.45, 2.75) is 24.3 Å². The van der Waals surface area contributed by atoms with Crippen LogP contribution in [-0.4, -0.2) is 59.1 Å². The van der Waals surface area contributed by atoms with E-state index in [1.165, 1.54) is 0 Å². The van der Waals surface area contributed by atoms with Crippen molar-refractivity contribution in [3.05, 3.63) is 28.2 Å². The van der Waals surface area contributed by atoms with Crippen LogP contribution in [0.25, 0.3) is 0 Å². The van der Waals surface area contributed by atoms with Crippen LogP contribution in [0.3, 0.4) is 0 Å². The van der Waals surface area contributed by atoms with Crippen molar-refractivity contribution in [1.29, 1.82) is 0 Å². The molecule has 6 heteroatoms. The van der Waals surface area contributed by atoms with Gasteiger partial charge in [-0.1, -0.05) is 0 Å². The lowest BCUT2D eigenvalue weighted by atomic mass is 10.1. The van der Waals surface area contributed by atoms with Crippen LogP contribution in [0.2, 0.25) is 0 Å². The van der Waals surface area contributed by atoms with Gasteiger partial charge in [-0.15, -0.1) is 12.6 Å². The lowest BCUT2D eigenvalue weighted by molar-refractivity contribution is 0.0178. The topological polar surface area (TPSA) is 43.8 Å². The van der Waals surface area contributed by atoms with E-state index in [9.17, 15) is 9.90 Å². The van der Waals surface area contributed by atoms with Crippen LogP contribution in [0.5, 0.6) is 0 Å². The molecule has 0 bridgehead atoms. The van der Waals surface area contributed by atoms with Gasteiger partial charge in [0.2, 0.25) is 0 Å². The molecule has 1 aromatic rings. The number of nitrogens with zero attached hydrogens (tertiary/aromatic N) is 2. The minimum absolute atomic E-state index is 0.0284. The number of hydrogen-bond acceptors (Lipinski definition) is 4. The van der Waals surface area contributed by atoms with E-state index in [0.29, 0.717) is 25.2 Å². The van der Waals surface area contributed by atoms with Gasteiger partial charge in [0.05, 0.1) is 11.2 Å². The van der Waals surface area contributed by atoms with E-state index in [-0.39, 0.29) is 5.91 Å². The van der Waals surface area contributed by atoms with Gasteiger partial charge in [-0.3, -0.25) is 9.69 Å². The summed E-state index contributed by atoms with van der Waals surface area (Å²) in [7, 11) is 0. The van der Waals surface area contributed by atoms with E-state index in [1.807, 2.05) is 17.0 Å². The van der Waals surface area contributed by atoms with Crippen LogP contribution in [0.1, 0.15) is 24.2 Å². The molecule has 0 aromatic heterocycles. The Morgan fingerprint density at radius 3 is 2.52 bits per heavy atom. The van der Waals surface area contributed by atoms with Gasteiger partial charge in [-0.2, -0.15) is 0 Å². The number of hydrogen-bond donors (Lipinski definition) is 2. The summed E-state index contributed by atoms with van der Waals surface area (Å²) < 4.78 is 0.796. The Kier molecular flexibility index (Phi) is 5.35. The van der Waals surface area contributed by atoms with E-state index < -0.39 is 5.60 Å². The first-order chi connectivity index (χ1) is 9.76. The van der Waals surface area contributed by atoms with Gasteiger partial charge in [0.15, 0.2) is 0 Å². The molecule has 1 aliphatic heterocycles. The van der Waals surface area contributed by atoms with Crippen LogP contribution in [0.4, 0.5) is 0 Å². The predicted molar refractivity (Wildman–Crippen MR) is 90.0 cm³/mol. The van der Waals surface area contributed by atoms with Crippen LogP contribution in [0.15, 0.2) is 27.6 Å². The van der Waals surface area contributed by atoms with Crippen molar-refractivity contribution in [3.63, 3.8) is 0 Å². The molecular formula is C15H21BrN2O2S. The summed E-state index contributed by atoms with van der Waals surface area (Å²) >= 11 is 7.72. The van der Waals surface area contributed by atoms with Crippen molar-refractivity contribution >= 4 is 34.5 Å². The Balaban J connectivity index is 1.99. The highest BCUT2D eigenvalue weighted by Crippen LogP contribution is 2.22. The quantitative estimate of drug-likeness (QED) is 0.799. The minimum atomic E-state index is -0.699. The summed E-state index contributed by atoms with van der Waals surface area (Å²) in [4.78, 5) is 17.4. The number of amides is 1. The molecule has 0 saturated carbocycles. The van der Waals surface area contributed by atoms with Gasteiger partial charge in [-0.25, -0.2) is 0 Å². The SMILES string of the molecule is CC(C)(O)CN1CCN(C(=O)c2cc(S)ccc2Br)CC1. The summed E-state index contributed by atoms with van der Waals surface area (Å²) in [5, 5.41) is 9.85. The molecule has 0 unspecified atom stereocenters. The Bertz CT molecular complexity index is 523. The summed E-state index contributed by atoms with van der Waals surface area (Å²) in [6.45, 7) is 7.17. The molecule has 0 radical (unpaired) electrons. The maximum absolute atomic E-state index is 12.6. The highest BCUT2D eigenvalue weighted by Gasteiger charge is 2.26. The van der Waals surface area contributed by atoms with Crippen LogP contribution < -0.4 is 0 Å². The van der Waals surface area contributed by atoms with E-state index in [0.717, 1.165) is 22.5 Å². The second kappa shape index (κ2) is 6.69. The third kappa shape index (κ3) is 4.71. The van der Waals surface area contributed by atoms with Gasteiger partial charge in [0.1, 0.15) is 0 Å². The van der Waals surface area contributed by atoms with Gasteiger partial charge in [0.25, 0.3) is 5.91 Å². The molecule has 21 heavy (non-hydrogen) atoms. The molecule has 0 atom stereocenters. The van der Waals surface area contributed by atoms with Gasteiger partial charge in [-0.05, 0) is 48.0 Å². The smallest absolute Gasteiger partial charge is 0.255 e. The Hall–Kier alpha value is -0.560. The van der Waals surface area contributed by atoms with Gasteiger partial charge in [0, 0.05) is 42.1 Å². The molecule has 1 fully saturated rings. The Labute approximate surface area is 139 Å². The number of carbonyl (C=O) groups is 1. The lowest BCUT2D eigenvalue weighted by Crippen LogP contribution is -2.52. The number of halogens is 1. The molecule has 0 aliphatic carbocycles. The number of aliphatic hydroxyl groups is 1. The summed E-state index contributed by atoms with van der Waals surface area (Å²) in [5.74, 6) is 0.0284. The molecule has 116 valence electrons. The predicted octanol–water partition coefficient (Wildman–Crippen LogP) is 2.27. The van der Waals surface area contributed by atoms with Crippen molar-refractivity contribution in [2.24, 2.45) is 0 Å². The third-order valence-electron chi connectivity index (χ3n) is 3.45. The average molecular weight is 373 g/mol. The molecule has 1 aliphatic rings. The van der Waals surface area contributed by atoms with Crippen molar-refractivity contribution in [3.8, 4) is 0 Å². The number of benzene rings is 1. The fourth-order valence-corrected chi connectivity index (χ4v) is 3.12. The third-order valence-corrected chi connectivity index (χ3v) is 4.42. The maximum atomic E-state index is 12.6. The lowest BCUT2D eigenvalue weighted by Gasteiger charge is -2.37. The van der Waals surface area contributed by atoms with E-state index in [2.05, 4.69) is 33.5 Å². The molecule has 0 spiro atoms. The summed E-state index contributed by atoms with van der Waals surface area (Å²) in [6.07, 6.45) is 0. The molecule has 1 heterocycles. The van der Waals surface area contributed by atoms with Crippen LogP contribution in [0, 0.1) is 0 Å². The average Bonchev–Trinajstić information content (AvgIpc) is 2.40. The Morgan fingerprint density at radius 1 is 1.33 bits per heavy atom. The molecule has 1 amide bonds. The second-order valence-corrected chi connectivity index (χ2v) is 7.42. The zero-order valence-electron chi connectivity index (χ0n) is 12.3. The number of β-amino-alcohol motifs (C(OH)–C–C–N with tert-alkyl or cyclic N) is 1. The van der Waals surface area contributed by atoms with E-state index >= 15 is 0 Å². The highest BCUT2D eigenvalue weighted by molar-refractivity contribution is 9.10. The molecule has 2 rings (SSSR count). The standard InChI is InChI=1S/C15H21BrN2O2S/c1-15(2,20)10-17-5-7-18(8-6-17)14(19)12-9-11(21)3-4-13(12)16/h3-4,9,20-21H,5-8,10H2,1-2H3. The van der Waals surface area contributed by atoms with Gasteiger partial charge < -0.3 is 10.0 Å². The largest absolute Gasteiger partial charge is 0.389 e. The zero-order valence-corrected chi connectivity index (χ0v) is 14.8. The van der Waals surface area contributed by atoms with Crippen LogP contribution in [-0.2, 0) is 0 Å². The molecule has 1 aromatic carbocycles. The van der Waals surface area contributed by atoms with E-state index in [1.54, 1.807) is 19.9 Å². The number of rotatable bonds is 3. The van der Waals surface area contributed by atoms with Gasteiger partial charge >= 0.3 is 0 Å². The molecular weight excluding hydrogens is 352 g/mol. The first-order valence-electron chi connectivity index (χ1n) is 6.99. The molecule has 4 nitrogen and oxygen atoms in total. The number of thiol groups is 1. The van der Waals surface area contributed by atoms with Crippen molar-refractivity contribution in [2.75, 3.05) is 32.7 Å². The highest BCUT2D eigenvalue weighted by atomic mass is 79.9. The maximum Gasteiger partial charge on any atom is 0.255 e. The summed E-state index contributed by atoms with van der Waals surface area (Å²) in [5.41, 5.74) is -0.0475. The zero-order chi connectivity index (χ0) is 15.6. The Morgan fingerprint density at radius 2 is 1.95 bits per heavy atom. The van der Waals surface area contributed by atoms with Crippen molar-refractivity contribution < 1.29 is 9.90 Å². The second-order valence-electron chi connectivity index (χ2n) is 6.04. The summed E-state index contributed by atoms with van der Waals surface area (Å²) in [6, 6.07) is 5.49.